The molecule has 3 N–H and O–H groups in total. The van der Waals surface area contributed by atoms with Gasteiger partial charge in [-0.1, -0.05) is 79.4 Å². The van der Waals surface area contributed by atoms with Gasteiger partial charge in [0.1, 0.15) is 0 Å². The Hall–Kier alpha value is -6.23. The van der Waals surface area contributed by atoms with Crippen LogP contribution in [0.25, 0.3) is 65.7 Å². The summed E-state index contributed by atoms with van der Waals surface area (Å²) in [5, 5.41) is 33.2. The van der Waals surface area contributed by atoms with Gasteiger partial charge in [0.05, 0.1) is 12.1 Å². The summed E-state index contributed by atoms with van der Waals surface area (Å²) in [4.78, 5) is 0. The number of nitriles is 2. The van der Waals surface area contributed by atoms with Crippen molar-refractivity contribution in [2.75, 3.05) is 0 Å². The van der Waals surface area contributed by atoms with E-state index >= 15 is 0 Å². The van der Waals surface area contributed by atoms with Gasteiger partial charge in [0.15, 0.2) is 0 Å². The molecule has 208 valence electrons. The fraction of sp³-hybridized carbons (Fsp3) is 0.0250. The molecule has 4 nitrogen and oxygen atoms in total. The zero-order chi connectivity index (χ0) is 30.8. The van der Waals surface area contributed by atoms with Crippen LogP contribution in [0.4, 0.5) is 0 Å². The highest BCUT2D eigenvalue weighted by atomic mass is 14.5. The van der Waals surface area contributed by atoms with Gasteiger partial charge in [0.2, 0.25) is 0 Å². The molecule has 0 aliphatic carbocycles. The summed E-state index contributed by atoms with van der Waals surface area (Å²) in [6.07, 6.45) is 6.21. The second-order valence-electron chi connectivity index (χ2n) is 10.8. The number of hydrogen-bond acceptors (Lipinski definition) is 4. The van der Waals surface area contributed by atoms with E-state index in [4.69, 9.17) is 21.7 Å². The predicted octanol–water partition coefficient (Wildman–Crippen LogP) is 9.80. The van der Waals surface area contributed by atoms with Crippen molar-refractivity contribution < 1.29 is 0 Å². The Balaban J connectivity index is 1.37. The van der Waals surface area contributed by atoms with Gasteiger partial charge in [0.25, 0.3) is 0 Å². The summed E-state index contributed by atoms with van der Waals surface area (Å²) in [6.45, 7) is 5.47. The van der Waals surface area contributed by atoms with Crippen molar-refractivity contribution in [3.05, 3.63) is 144 Å². The van der Waals surface area contributed by atoms with Crippen molar-refractivity contribution in [2.24, 2.45) is 5.73 Å². The van der Waals surface area contributed by atoms with Gasteiger partial charge in [-0.2, -0.15) is 10.5 Å². The summed E-state index contributed by atoms with van der Waals surface area (Å²) in [5.74, 6) is 0. The number of benzene rings is 6. The lowest BCUT2D eigenvalue weighted by Gasteiger charge is -2.15. The van der Waals surface area contributed by atoms with Crippen LogP contribution in [0.15, 0.2) is 133 Å². The summed E-state index contributed by atoms with van der Waals surface area (Å²) in [7, 11) is 0. The molecule has 6 aromatic rings. The van der Waals surface area contributed by atoms with Crippen molar-refractivity contribution in [3.8, 4) is 34.4 Å². The largest absolute Gasteiger partial charge is 0.404 e. The average Bonchev–Trinajstić information content (AvgIpc) is 3.08. The molecule has 0 amide bonds. The van der Waals surface area contributed by atoms with Crippen LogP contribution in [0.1, 0.15) is 18.1 Å². The molecule has 6 aromatic carbocycles. The number of nitrogens with two attached hydrogens (primary N) is 1. The molecule has 0 aliphatic rings. The monoisotopic (exact) mass is 564 g/mol. The SMILES string of the molecule is C=C(C#N)/C=C(\C=N)c1ccc(-c2cc3ccc4cc(-c5ccc(C(/C=C(\C)C#N)=C/N)cc5)cc5ccc(c2)c3c45)cc1. The first kappa shape index (κ1) is 27.9. The smallest absolute Gasteiger partial charge is 0.0985 e. The lowest BCUT2D eigenvalue weighted by molar-refractivity contribution is 1.44. The first-order valence-corrected chi connectivity index (χ1v) is 14.2. The summed E-state index contributed by atoms with van der Waals surface area (Å²) < 4.78 is 0. The topological polar surface area (TPSA) is 97.5 Å². The number of hydrogen-bond donors (Lipinski definition) is 2. The fourth-order valence-electron chi connectivity index (χ4n) is 5.80. The van der Waals surface area contributed by atoms with Crippen molar-refractivity contribution in [1.29, 1.82) is 15.9 Å². The van der Waals surface area contributed by atoms with Gasteiger partial charge < -0.3 is 11.1 Å². The third-order valence-corrected chi connectivity index (χ3v) is 7.99. The summed E-state index contributed by atoms with van der Waals surface area (Å²) in [6, 6.07) is 38.3. The van der Waals surface area contributed by atoms with E-state index in [0.717, 1.165) is 39.0 Å². The van der Waals surface area contributed by atoms with E-state index in [1.807, 2.05) is 30.3 Å². The zero-order valence-electron chi connectivity index (χ0n) is 24.2. The molecule has 0 saturated carbocycles. The van der Waals surface area contributed by atoms with E-state index in [9.17, 15) is 0 Å². The van der Waals surface area contributed by atoms with Gasteiger partial charge in [-0.15, -0.1) is 0 Å². The summed E-state index contributed by atoms with van der Waals surface area (Å²) >= 11 is 0. The maximum Gasteiger partial charge on any atom is 0.0985 e. The molecular formula is C40H28N4. The Morgan fingerprint density at radius 2 is 1.07 bits per heavy atom. The predicted molar refractivity (Wildman–Crippen MR) is 184 cm³/mol. The molecule has 0 spiro atoms. The van der Waals surface area contributed by atoms with Gasteiger partial charge in [-0.25, -0.2) is 0 Å². The summed E-state index contributed by atoms with van der Waals surface area (Å²) in [5.41, 5.74) is 14.5. The van der Waals surface area contributed by atoms with E-state index in [0.29, 0.717) is 16.7 Å². The third-order valence-electron chi connectivity index (χ3n) is 7.99. The van der Waals surface area contributed by atoms with Gasteiger partial charge in [-0.3, -0.25) is 0 Å². The van der Waals surface area contributed by atoms with Crippen LogP contribution in [0.2, 0.25) is 0 Å². The maximum atomic E-state index is 9.14. The van der Waals surface area contributed by atoms with Gasteiger partial charge in [-0.05, 0) is 115 Å². The molecule has 0 unspecified atom stereocenters. The molecule has 44 heavy (non-hydrogen) atoms. The lowest BCUT2D eigenvalue weighted by atomic mass is 9.89. The van der Waals surface area contributed by atoms with E-state index in [1.165, 1.54) is 44.7 Å². The van der Waals surface area contributed by atoms with Crippen LogP contribution >= 0.6 is 0 Å². The first-order valence-electron chi connectivity index (χ1n) is 14.2. The molecule has 0 radical (unpaired) electrons. The minimum atomic E-state index is 0.319. The van der Waals surface area contributed by atoms with E-state index < -0.39 is 0 Å². The highest BCUT2D eigenvalue weighted by Gasteiger charge is 2.13. The maximum absolute atomic E-state index is 9.14. The van der Waals surface area contributed by atoms with Crippen LogP contribution in [-0.2, 0) is 0 Å². The minimum Gasteiger partial charge on any atom is -0.404 e. The Labute approximate surface area is 256 Å². The molecular weight excluding hydrogens is 536 g/mol. The van der Waals surface area contributed by atoms with E-state index in [1.54, 1.807) is 19.1 Å². The third kappa shape index (κ3) is 5.13. The Morgan fingerprint density at radius 3 is 1.43 bits per heavy atom. The molecule has 0 aliphatic heterocycles. The number of allylic oxidation sites excluding steroid dienone is 6. The van der Waals surface area contributed by atoms with Gasteiger partial charge >= 0.3 is 0 Å². The van der Waals surface area contributed by atoms with Crippen molar-refractivity contribution >= 4 is 49.7 Å². The molecule has 0 bridgehead atoms. The highest BCUT2D eigenvalue weighted by Crippen LogP contribution is 2.39. The molecule has 6 rings (SSSR count). The van der Waals surface area contributed by atoms with Crippen LogP contribution in [-0.4, -0.2) is 6.21 Å². The van der Waals surface area contributed by atoms with E-state index in [-0.39, 0.29) is 0 Å². The average molecular weight is 565 g/mol. The quantitative estimate of drug-likeness (QED) is 0.0874. The van der Waals surface area contributed by atoms with Crippen LogP contribution in [0.5, 0.6) is 0 Å². The first-order chi connectivity index (χ1) is 21.4. The molecule has 4 heteroatoms. The number of nitrogens with zero attached hydrogens (tertiary/aromatic N) is 2. The molecule has 0 saturated heterocycles. The molecule has 0 fully saturated rings. The number of rotatable bonds is 7. The molecule has 0 heterocycles. The molecule has 0 aromatic heterocycles. The normalized spacial score (nSPS) is 12.4. The van der Waals surface area contributed by atoms with Gasteiger partial charge in [0, 0.05) is 29.1 Å². The lowest BCUT2D eigenvalue weighted by Crippen LogP contribution is -1.90. The Kier molecular flexibility index (Phi) is 7.34. The standard InChI is InChI=1S/C40H28N4/c1-25(21-41)15-37(23-43)29-7-3-27(4-8-29)35-17-31-11-13-33-19-36(20-34-14-12-32(18-35)39(31)40(33)34)28-5-9-30(10-6-28)38(24-44)16-26(2)22-42/h3-20,23-24,43H,1,44H2,2H3/b26-16+,37-15+,38-24+,43-23?. The Morgan fingerprint density at radius 1 is 0.636 bits per heavy atom. The Bertz CT molecular complexity index is 2200. The van der Waals surface area contributed by atoms with Crippen LogP contribution in [0.3, 0.4) is 0 Å². The van der Waals surface area contributed by atoms with E-state index in [2.05, 4.69) is 85.4 Å². The van der Waals surface area contributed by atoms with Crippen LogP contribution < -0.4 is 5.73 Å². The highest BCUT2D eigenvalue weighted by molar-refractivity contribution is 6.24. The second-order valence-corrected chi connectivity index (χ2v) is 10.8. The molecule has 0 atom stereocenters. The second kappa shape index (κ2) is 11.6. The van der Waals surface area contributed by atoms with Crippen molar-refractivity contribution in [2.45, 2.75) is 6.92 Å². The van der Waals surface area contributed by atoms with Crippen molar-refractivity contribution in [1.82, 2.24) is 0 Å². The fourth-order valence-corrected chi connectivity index (χ4v) is 5.80. The van der Waals surface area contributed by atoms with Crippen molar-refractivity contribution in [3.63, 3.8) is 0 Å². The number of nitrogens with one attached hydrogen (secondary N) is 1. The van der Waals surface area contributed by atoms with Crippen LogP contribution in [0, 0.1) is 28.1 Å². The minimum absolute atomic E-state index is 0.319. The zero-order valence-corrected chi connectivity index (χ0v) is 24.2.